The topological polar surface area (TPSA) is 115 Å². The second-order valence-electron chi connectivity index (χ2n) is 5.79. The van der Waals surface area contributed by atoms with Crippen molar-refractivity contribution in [2.75, 3.05) is 11.9 Å². The number of nitrogens with zero attached hydrogens (tertiary/aromatic N) is 3. The van der Waals surface area contributed by atoms with Gasteiger partial charge in [-0.25, -0.2) is 0 Å². The molecule has 0 saturated carbocycles. The standard InChI is InChI=1S/C16H22N6O2.2ClH/c1-11(2)15(17)16(24)19-9-14(23)20-13-5-8-22(21-13)10-12-3-6-18-7-4-12;;/h3-8,11,15H,9-10,17H2,1-2H3,(H,19,24)(H,20,21,23);2*1H/t15-;;/m0../s1. The third kappa shape index (κ3) is 7.38. The minimum Gasteiger partial charge on any atom is -0.346 e. The lowest BCUT2D eigenvalue weighted by molar-refractivity contribution is -0.125. The number of aromatic nitrogens is 3. The van der Waals surface area contributed by atoms with Gasteiger partial charge in [0.05, 0.1) is 19.1 Å². The molecule has 10 heteroatoms. The molecular formula is C16H24Cl2N6O2. The van der Waals surface area contributed by atoms with Crippen LogP contribution in [0.3, 0.4) is 0 Å². The molecule has 0 bridgehead atoms. The number of carbonyl (C=O) groups excluding carboxylic acids is 2. The zero-order valence-corrected chi connectivity index (χ0v) is 16.2. The van der Waals surface area contributed by atoms with Crippen LogP contribution in [0.1, 0.15) is 19.4 Å². The number of nitrogens with one attached hydrogen (secondary N) is 2. The van der Waals surface area contributed by atoms with E-state index in [1.54, 1.807) is 29.3 Å². The van der Waals surface area contributed by atoms with Crippen LogP contribution in [0.25, 0.3) is 0 Å². The fourth-order valence-electron chi connectivity index (χ4n) is 1.97. The number of carbonyl (C=O) groups is 2. The lowest BCUT2D eigenvalue weighted by atomic mass is 10.1. The van der Waals surface area contributed by atoms with Crippen LogP contribution < -0.4 is 16.4 Å². The highest BCUT2D eigenvalue weighted by Crippen LogP contribution is 2.05. The molecule has 2 rings (SSSR count). The summed E-state index contributed by atoms with van der Waals surface area (Å²) < 4.78 is 1.71. The molecule has 0 spiro atoms. The van der Waals surface area contributed by atoms with Crippen LogP contribution in [-0.2, 0) is 16.1 Å². The van der Waals surface area contributed by atoms with Gasteiger partial charge in [-0.3, -0.25) is 19.3 Å². The Morgan fingerprint density at radius 2 is 1.85 bits per heavy atom. The normalized spacial score (nSPS) is 11.1. The summed E-state index contributed by atoms with van der Waals surface area (Å²) in [6.45, 7) is 4.13. The zero-order chi connectivity index (χ0) is 17.5. The predicted octanol–water partition coefficient (Wildman–Crippen LogP) is 1.21. The van der Waals surface area contributed by atoms with E-state index in [0.717, 1.165) is 5.56 Å². The van der Waals surface area contributed by atoms with Crippen molar-refractivity contribution < 1.29 is 9.59 Å². The number of pyridine rings is 1. The van der Waals surface area contributed by atoms with Gasteiger partial charge in [0.1, 0.15) is 0 Å². The first kappa shape index (κ1) is 23.8. The van der Waals surface area contributed by atoms with E-state index < -0.39 is 6.04 Å². The molecule has 2 amide bonds. The van der Waals surface area contributed by atoms with E-state index in [1.807, 2.05) is 26.0 Å². The van der Waals surface area contributed by atoms with E-state index in [9.17, 15) is 9.59 Å². The van der Waals surface area contributed by atoms with Gasteiger partial charge in [0.2, 0.25) is 11.8 Å². The highest BCUT2D eigenvalue weighted by molar-refractivity contribution is 5.94. The Hall–Kier alpha value is -2.16. The van der Waals surface area contributed by atoms with Gasteiger partial charge in [-0.05, 0) is 23.6 Å². The lowest BCUT2D eigenvalue weighted by Gasteiger charge is -2.14. The quantitative estimate of drug-likeness (QED) is 0.643. The maximum atomic E-state index is 11.9. The first-order valence-corrected chi connectivity index (χ1v) is 7.71. The van der Waals surface area contributed by atoms with Crippen molar-refractivity contribution in [1.29, 1.82) is 0 Å². The number of hydrogen-bond acceptors (Lipinski definition) is 5. The second-order valence-corrected chi connectivity index (χ2v) is 5.79. The third-order valence-electron chi connectivity index (χ3n) is 3.45. The van der Waals surface area contributed by atoms with Crippen LogP contribution in [0.4, 0.5) is 5.82 Å². The molecule has 0 aliphatic carbocycles. The first-order chi connectivity index (χ1) is 11.5. The smallest absolute Gasteiger partial charge is 0.244 e. The highest BCUT2D eigenvalue weighted by Gasteiger charge is 2.17. The van der Waals surface area contributed by atoms with E-state index in [1.165, 1.54) is 0 Å². The van der Waals surface area contributed by atoms with Crippen LogP contribution in [0.15, 0.2) is 36.8 Å². The molecular weight excluding hydrogens is 379 g/mol. The number of nitrogens with two attached hydrogens (primary N) is 1. The van der Waals surface area contributed by atoms with Crippen molar-refractivity contribution in [3.63, 3.8) is 0 Å². The number of anilines is 1. The summed E-state index contributed by atoms with van der Waals surface area (Å²) >= 11 is 0. The average molecular weight is 403 g/mol. The summed E-state index contributed by atoms with van der Waals surface area (Å²) in [5.74, 6) is -0.259. The van der Waals surface area contributed by atoms with Gasteiger partial charge in [0.15, 0.2) is 5.82 Å². The van der Waals surface area contributed by atoms with Crippen molar-refractivity contribution >= 4 is 42.4 Å². The van der Waals surface area contributed by atoms with Crippen molar-refractivity contribution in [2.24, 2.45) is 11.7 Å². The van der Waals surface area contributed by atoms with E-state index in [2.05, 4.69) is 20.7 Å². The Morgan fingerprint density at radius 3 is 2.46 bits per heavy atom. The fraction of sp³-hybridized carbons (Fsp3) is 0.375. The van der Waals surface area contributed by atoms with Crippen LogP contribution in [0, 0.1) is 5.92 Å². The fourth-order valence-corrected chi connectivity index (χ4v) is 1.97. The first-order valence-electron chi connectivity index (χ1n) is 7.71. The second kappa shape index (κ2) is 11.5. The molecule has 26 heavy (non-hydrogen) atoms. The van der Waals surface area contributed by atoms with Crippen molar-refractivity contribution in [1.82, 2.24) is 20.1 Å². The average Bonchev–Trinajstić information content (AvgIpc) is 2.99. The minimum atomic E-state index is -0.627. The summed E-state index contributed by atoms with van der Waals surface area (Å²) in [4.78, 5) is 27.5. The largest absolute Gasteiger partial charge is 0.346 e. The molecule has 0 fully saturated rings. The molecule has 0 aliphatic heterocycles. The number of rotatable bonds is 7. The van der Waals surface area contributed by atoms with E-state index in [0.29, 0.717) is 12.4 Å². The molecule has 0 saturated heterocycles. The molecule has 4 N–H and O–H groups in total. The number of hydrogen-bond donors (Lipinski definition) is 3. The molecule has 0 unspecified atom stereocenters. The van der Waals surface area contributed by atoms with Crippen molar-refractivity contribution in [3.8, 4) is 0 Å². The van der Waals surface area contributed by atoms with Gasteiger partial charge in [-0.2, -0.15) is 5.10 Å². The summed E-state index contributed by atoms with van der Waals surface area (Å²) in [6, 6.07) is 4.86. The molecule has 2 heterocycles. The maximum absolute atomic E-state index is 11.9. The van der Waals surface area contributed by atoms with E-state index in [4.69, 9.17) is 5.73 Å². The summed E-state index contributed by atoms with van der Waals surface area (Å²) in [5, 5.41) is 9.41. The molecule has 0 aliphatic rings. The molecule has 1 atom stereocenters. The molecule has 0 aromatic carbocycles. The van der Waals surface area contributed by atoms with Gasteiger partial charge in [-0.15, -0.1) is 24.8 Å². The Balaban J connectivity index is 0.00000312. The highest BCUT2D eigenvalue weighted by atomic mass is 35.5. The maximum Gasteiger partial charge on any atom is 0.244 e. The summed E-state index contributed by atoms with van der Waals surface area (Å²) in [5.41, 5.74) is 6.77. The Kier molecular flexibility index (Phi) is 10.5. The SMILES string of the molecule is CC(C)[C@H](N)C(=O)NCC(=O)Nc1ccn(Cc2ccncc2)n1.Cl.Cl. The van der Waals surface area contributed by atoms with E-state index in [-0.39, 0.29) is 49.1 Å². The molecule has 0 radical (unpaired) electrons. The van der Waals surface area contributed by atoms with Crippen LogP contribution >= 0.6 is 24.8 Å². The summed E-state index contributed by atoms with van der Waals surface area (Å²) in [6.07, 6.45) is 5.20. The molecule has 144 valence electrons. The third-order valence-corrected chi connectivity index (χ3v) is 3.45. The summed E-state index contributed by atoms with van der Waals surface area (Å²) in [7, 11) is 0. The molecule has 2 aromatic heterocycles. The monoisotopic (exact) mass is 402 g/mol. The van der Waals surface area contributed by atoms with Gasteiger partial charge < -0.3 is 16.4 Å². The molecule has 2 aromatic rings. The lowest BCUT2D eigenvalue weighted by Crippen LogP contribution is -2.46. The van der Waals surface area contributed by atoms with Gasteiger partial charge in [-0.1, -0.05) is 13.8 Å². The Labute approximate surface area is 164 Å². The van der Waals surface area contributed by atoms with Crippen LogP contribution in [0.5, 0.6) is 0 Å². The van der Waals surface area contributed by atoms with Crippen LogP contribution in [0.2, 0.25) is 0 Å². The number of halogens is 2. The number of amides is 2. The van der Waals surface area contributed by atoms with Crippen molar-refractivity contribution in [3.05, 3.63) is 42.4 Å². The van der Waals surface area contributed by atoms with Crippen LogP contribution in [-0.4, -0.2) is 39.2 Å². The van der Waals surface area contributed by atoms with Crippen molar-refractivity contribution in [2.45, 2.75) is 26.4 Å². The van der Waals surface area contributed by atoms with Gasteiger partial charge in [0, 0.05) is 24.7 Å². The Bertz CT molecular complexity index is 693. The van der Waals surface area contributed by atoms with Gasteiger partial charge >= 0.3 is 0 Å². The minimum absolute atomic E-state index is 0. The zero-order valence-electron chi connectivity index (χ0n) is 14.6. The Morgan fingerprint density at radius 1 is 1.19 bits per heavy atom. The molecule has 8 nitrogen and oxygen atoms in total. The van der Waals surface area contributed by atoms with E-state index >= 15 is 0 Å². The van der Waals surface area contributed by atoms with Gasteiger partial charge in [0.25, 0.3) is 0 Å². The predicted molar refractivity (Wildman–Crippen MR) is 105 cm³/mol.